The van der Waals surface area contributed by atoms with E-state index in [9.17, 15) is 4.79 Å². The fourth-order valence-corrected chi connectivity index (χ4v) is 3.86. The van der Waals surface area contributed by atoms with E-state index in [4.69, 9.17) is 14.6 Å². The van der Waals surface area contributed by atoms with Gasteiger partial charge in [-0.1, -0.05) is 12.1 Å². The summed E-state index contributed by atoms with van der Waals surface area (Å²) in [6.45, 7) is 9.67. The van der Waals surface area contributed by atoms with Crippen LogP contribution in [0.5, 0.6) is 5.75 Å². The van der Waals surface area contributed by atoms with Crippen molar-refractivity contribution in [2.75, 3.05) is 20.3 Å². The zero-order valence-electron chi connectivity index (χ0n) is 17.5. The molecule has 1 heterocycles. The molecule has 0 spiro atoms. The number of carbonyl (C=O) groups is 1. The van der Waals surface area contributed by atoms with Gasteiger partial charge in [-0.05, 0) is 63.3 Å². The number of cyclic esters (lactones) is 1. The van der Waals surface area contributed by atoms with E-state index in [1.165, 1.54) is 11.1 Å². The van der Waals surface area contributed by atoms with Crippen molar-refractivity contribution < 1.29 is 14.3 Å². The van der Waals surface area contributed by atoms with Crippen molar-refractivity contribution in [3.8, 4) is 5.75 Å². The third kappa shape index (κ3) is 4.32. The van der Waals surface area contributed by atoms with Crippen molar-refractivity contribution in [1.29, 1.82) is 0 Å². The molecule has 1 aromatic rings. The molecule has 1 amide bonds. The average Bonchev–Trinajstić information content (AvgIpc) is 3.06. The number of rotatable bonds is 7. The quantitative estimate of drug-likeness (QED) is 0.520. The van der Waals surface area contributed by atoms with E-state index in [0.717, 1.165) is 12.2 Å². The second-order valence-corrected chi connectivity index (χ2v) is 7.95. The molecule has 1 saturated carbocycles. The second-order valence-electron chi connectivity index (χ2n) is 7.95. The minimum Gasteiger partial charge on any atom is -0.497 e. The van der Waals surface area contributed by atoms with E-state index in [1.54, 1.807) is 12.0 Å². The third-order valence-electron chi connectivity index (χ3n) is 5.39. The molecule has 2 fully saturated rings. The largest absolute Gasteiger partial charge is 0.497 e. The first-order valence-corrected chi connectivity index (χ1v) is 10.0. The molecule has 3 rings (SSSR count). The molecule has 2 atom stereocenters. The van der Waals surface area contributed by atoms with Gasteiger partial charge in [0.05, 0.1) is 13.7 Å². The van der Waals surface area contributed by atoms with Crippen LogP contribution < -0.4 is 4.74 Å². The maximum absolute atomic E-state index is 11.8. The molecule has 0 aromatic heterocycles. The summed E-state index contributed by atoms with van der Waals surface area (Å²) < 4.78 is 10.3. The number of methoxy groups -OCH3 is 1. The Kier molecular flexibility index (Phi) is 6.27. The second kappa shape index (κ2) is 8.67. The zero-order valence-corrected chi connectivity index (χ0v) is 17.5. The van der Waals surface area contributed by atoms with Gasteiger partial charge in [0.15, 0.2) is 0 Å². The van der Waals surface area contributed by atoms with Gasteiger partial charge in [-0.3, -0.25) is 9.91 Å². The highest BCUT2D eigenvalue weighted by Gasteiger charge is 2.37. The van der Waals surface area contributed by atoms with Crippen LogP contribution >= 0.6 is 0 Å². The van der Waals surface area contributed by atoms with Crippen LogP contribution in [-0.4, -0.2) is 54.6 Å². The SMILES string of the molecule is COc1ccc([C@H]2C/C(=C/N3CCOC3=O)[C@@H]2/C=N/N(C(C)C)C(C)C)cc1. The van der Waals surface area contributed by atoms with Crippen molar-refractivity contribution in [3.63, 3.8) is 0 Å². The van der Waals surface area contributed by atoms with Crippen LogP contribution in [0.15, 0.2) is 41.1 Å². The normalized spacial score (nSPS) is 23.6. The van der Waals surface area contributed by atoms with Crippen LogP contribution in [-0.2, 0) is 4.74 Å². The third-order valence-corrected chi connectivity index (χ3v) is 5.39. The van der Waals surface area contributed by atoms with E-state index in [0.29, 0.717) is 31.2 Å². The Morgan fingerprint density at radius 3 is 2.43 bits per heavy atom. The summed E-state index contributed by atoms with van der Waals surface area (Å²) >= 11 is 0. The Hall–Kier alpha value is -2.50. The first kappa shape index (κ1) is 20.2. The molecule has 1 aliphatic carbocycles. The Bertz CT molecular complexity index is 732. The summed E-state index contributed by atoms with van der Waals surface area (Å²) in [6, 6.07) is 8.89. The van der Waals surface area contributed by atoms with Crippen LogP contribution in [0.25, 0.3) is 0 Å². The van der Waals surface area contributed by atoms with Crippen molar-refractivity contribution >= 4 is 12.3 Å². The molecule has 152 valence electrons. The van der Waals surface area contributed by atoms with Gasteiger partial charge in [0.25, 0.3) is 0 Å². The molecule has 0 bridgehead atoms. The Morgan fingerprint density at radius 1 is 1.21 bits per heavy atom. The highest BCUT2D eigenvalue weighted by molar-refractivity contribution is 5.73. The first-order chi connectivity index (χ1) is 13.4. The van der Waals surface area contributed by atoms with Crippen molar-refractivity contribution in [2.24, 2.45) is 11.0 Å². The molecular formula is C22H31N3O3. The van der Waals surface area contributed by atoms with Crippen molar-refractivity contribution in [2.45, 2.75) is 52.1 Å². The summed E-state index contributed by atoms with van der Waals surface area (Å²) in [5.74, 6) is 1.37. The van der Waals surface area contributed by atoms with Gasteiger partial charge in [0.1, 0.15) is 12.4 Å². The molecule has 1 saturated heterocycles. The van der Waals surface area contributed by atoms with Gasteiger partial charge in [0.2, 0.25) is 0 Å². The Morgan fingerprint density at radius 2 is 1.89 bits per heavy atom. The molecular weight excluding hydrogens is 354 g/mol. The van der Waals surface area contributed by atoms with Gasteiger partial charge in [0, 0.05) is 30.4 Å². The maximum Gasteiger partial charge on any atom is 0.413 e. The highest BCUT2D eigenvalue weighted by Crippen LogP contribution is 2.46. The zero-order chi connectivity index (χ0) is 20.3. The van der Waals surface area contributed by atoms with E-state index in [1.807, 2.05) is 24.5 Å². The van der Waals surface area contributed by atoms with Gasteiger partial charge in [-0.15, -0.1) is 0 Å². The number of ether oxygens (including phenoxy) is 2. The van der Waals surface area contributed by atoms with Crippen molar-refractivity contribution in [3.05, 3.63) is 41.6 Å². The Balaban J connectivity index is 1.83. The standard InChI is InChI=1S/C22H31N3O3/c1-15(2)25(16(3)4)23-13-21-18(14-24-10-11-28-22(24)26)12-20(21)17-6-8-19(27-5)9-7-17/h6-9,13-16,20-21H,10-12H2,1-5H3/b18-14-,23-13+/t20-,21+/m1/s1. The predicted octanol–water partition coefficient (Wildman–Crippen LogP) is 4.24. The molecule has 28 heavy (non-hydrogen) atoms. The summed E-state index contributed by atoms with van der Waals surface area (Å²) in [5, 5.41) is 6.92. The highest BCUT2D eigenvalue weighted by atomic mass is 16.6. The smallest absolute Gasteiger partial charge is 0.413 e. The number of nitrogens with zero attached hydrogens (tertiary/aromatic N) is 3. The maximum atomic E-state index is 11.8. The monoisotopic (exact) mass is 385 g/mol. The molecule has 6 nitrogen and oxygen atoms in total. The molecule has 0 unspecified atom stereocenters. The van der Waals surface area contributed by atoms with Crippen molar-refractivity contribution in [1.82, 2.24) is 9.91 Å². The van der Waals surface area contributed by atoms with Crippen LogP contribution in [0.3, 0.4) is 0 Å². The van der Waals surface area contributed by atoms with E-state index < -0.39 is 0 Å². The summed E-state index contributed by atoms with van der Waals surface area (Å²) in [4.78, 5) is 13.5. The topological polar surface area (TPSA) is 54.4 Å². The molecule has 0 N–H and O–H groups in total. The minimum atomic E-state index is -0.262. The van der Waals surface area contributed by atoms with Gasteiger partial charge in [-0.25, -0.2) is 4.79 Å². The predicted molar refractivity (Wildman–Crippen MR) is 111 cm³/mol. The number of hydrogen-bond donors (Lipinski definition) is 0. The number of benzene rings is 1. The molecule has 0 radical (unpaired) electrons. The molecule has 1 aliphatic heterocycles. The summed E-state index contributed by atoms with van der Waals surface area (Å²) in [7, 11) is 1.68. The fourth-order valence-electron chi connectivity index (χ4n) is 3.86. The number of hydrogen-bond acceptors (Lipinski definition) is 5. The van der Waals surface area contributed by atoms with Gasteiger partial charge < -0.3 is 9.47 Å². The van der Waals surface area contributed by atoms with Crippen LogP contribution in [0.2, 0.25) is 0 Å². The Labute approximate surface area is 167 Å². The van der Waals surface area contributed by atoms with Crippen LogP contribution in [0.4, 0.5) is 4.79 Å². The summed E-state index contributed by atoms with van der Waals surface area (Å²) in [6.07, 6.45) is 4.66. The lowest BCUT2D eigenvalue weighted by molar-refractivity contribution is 0.165. The fraction of sp³-hybridized carbons (Fsp3) is 0.545. The van der Waals surface area contributed by atoms with E-state index in [2.05, 4.69) is 44.8 Å². The lowest BCUT2D eigenvalue weighted by Crippen LogP contribution is -2.35. The van der Waals surface area contributed by atoms with Gasteiger partial charge >= 0.3 is 6.09 Å². The van der Waals surface area contributed by atoms with Crippen LogP contribution in [0, 0.1) is 5.92 Å². The number of allylic oxidation sites excluding steroid dienone is 1. The van der Waals surface area contributed by atoms with E-state index >= 15 is 0 Å². The number of carbonyl (C=O) groups excluding carboxylic acids is 1. The molecule has 2 aliphatic rings. The van der Waals surface area contributed by atoms with E-state index in [-0.39, 0.29) is 12.0 Å². The summed E-state index contributed by atoms with van der Waals surface area (Å²) in [5.41, 5.74) is 2.48. The van der Waals surface area contributed by atoms with Crippen LogP contribution in [0.1, 0.15) is 45.6 Å². The lowest BCUT2D eigenvalue weighted by Gasteiger charge is -2.39. The molecule has 6 heteroatoms. The van der Waals surface area contributed by atoms with Gasteiger partial charge in [-0.2, -0.15) is 5.10 Å². The average molecular weight is 386 g/mol. The number of hydrazone groups is 1. The number of amides is 1. The molecule has 1 aromatic carbocycles. The minimum absolute atomic E-state index is 0.168. The first-order valence-electron chi connectivity index (χ1n) is 10.0. The lowest BCUT2D eigenvalue weighted by atomic mass is 9.67.